The van der Waals surface area contributed by atoms with Crippen molar-refractivity contribution in [1.82, 2.24) is 0 Å². The molecule has 0 aliphatic rings. The number of ether oxygens (including phenoxy) is 1. The Morgan fingerprint density at radius 3 is 2.25 bits per heavy atom. The summed E-state index contributed by atoms with van der Waals surface area (Å²) in [5, 5.41) is 0. The van der Waals surface area contributed by atoms with Crippen molar-refractivity contribution in [2.24, 2.45) is 11.7 Å². The molecule has 2 N–H and O–H groups in total. The minimum absolute atomic E-state index is 0.0611. The lowest BCUT2D eigenvalue weighted by atomic mass is 9.96. The Morgan fingerprint density at radius 1 is 1.33 bits per heavy atom. The van der Waals surface area contributed by atoms with Gasteiger partial charge in [0.05, 0.1) is 12.5 Å². The van der Waals surface area contributed by atoms with E-state index in [0.29, 0.717) is 6.61 Å². The van der Waals surface area contributed by atoms with Crippen molar-refractivity contribution >= 4 is 5.97 Å². The van der Waals surface area contributed by atoms with Gasteiger partial charge >= 0.3 is 5.97 Å². The minimum atomic E-state index is -0.158. The molecule has 0 bridgehead atoms. The van der Waals surface area contributed by atoms with Crippen molar-refractivity contribution < 1.29 is 9.53 Å². The molecule has 2 atom stereocenters. The average molecular weight is 173 g/mol. The van der Waals surface area contributed by atoms with Crippen LogP contribution in [0.1, 0.15) is 33.6 Å². The highest BCUT2D eigenvalue weighted by Crippen LogP contribution is 2.11. The molecular formula is C9H19NO2. The highest BCUT2D eigenvalue weighted by Gasteiger charge is 2.23. The number of hydrogen-bond acceptors (Lipinski definition) is 3. The predicted molar refractivity (Wildman–Crippen MR) is 48.7 cm³/mol. The molecule has 0 aromatic carbocycles. The first-order chi connectivity index (χ1) is 5.67. The Labute approximate surface area is 74.3 Å². The number of esters is 1. The van der Waals surface area contributed by atoms with E-state index in [9.17, 15) is 4.79 Å². The van der Waals surface area contributed by atoms with Crippen LogP contribution in [0.4, 0.5) is 0 Å². The first-order valence-electron chi connectivity index (χ1n) is 4.59. The fourth-order valence-corrected chi connectivity index (χ4v) is 1.18. The molecule has 0 aliphatic heterocycles. The van der Waals surface area contributed by atoms with Gasteiger partial charge in [-0.05, 0) is 19.8 Å². The molecule has 0 spiro atoms. The zero-order chi connectivity index (χ0) is 9.56. The molecule has 72 valence electrons. The molecule has 3 heteroatoms. The molecule has 0 aromatic rings. The maximum Gasteiger partial charge on any atom is 0.310 e. The Hall–Kier alpha value is -0.570. The lowest BCUT2D eigenvalue weighted by Crippen LogP contribution is -2.35. The van der Waals surface area contributed by atoms with E-state index in [1.54, 1.807) is 0 Å². The van der Waals surface area contributed by atoms with E-state index in [-0.39, 0.29) is 17.9 Å². The van der Waals surface area contributed by atoms with Crippen molar-refractivity contribution in [2.75, 3.05) is 6.61 Å². The van der Waals surface area contributed by atoms with Crippen LogP contribution in [0.25, 0.3) is 0 Å². The summed E-state index contributed by atoms with van der Waals surface area (Å²) >= 11 is 0. The lowest BCUT2D eigenvalue weighted by Gasteiger charge is -2.18. The third-order valence-electron chi connectivity index (χ3n) is 2.02. The van der Waals surface area contributed by atoms with E-state index in [0.717, 1.165) is 12.8 Å². The van der Waals surface area contributed by atoms with Crippen molar-refractivity contribution in [3.63, 3.8) is 0 Å². The van der Waals surface area contributed by atoms with E-state index in [2.05, 4.69) is 0 Å². The number of hydrogen-bond donors (Lipinski definition) is 1. The number of nitrogens with two attached hydrogens (primary N) is 1. The summed E-state index contributed by atoms with van der Waals surface area (Å²) in [4.78, 5) is 11.3. The predicted octanol–water partition coefficient (Wildman–Crippen LogP) is 1.31. The highest BCUT2D eigenvalue weighted by molar-refractivity contribution is 5.73. The van der Waals surface area contributed by atoms with Gasteiger partial charge in [0.25, 0.3) is 0 Å². The first kappa shape index (κ1) is 11.4. The SMILES string of the molecule is CCOC(=O)C(CC)C(N)CC. The monoisotopic (exact) mass is 173 g/mol. The Bertz CT molecular complexity index is 136. The summed E-state index contributed by atoms with van der Waals surface area (Å²) in [6.45, 7) is 6.18. The Morgan fingerprint density at radius 2 is 1.92 bits per heavy atom. The first-order valence-corrected chi connectivity index (χ1v) is 4.59. The van der Waals surface area contributed by atoms with Gasteiger partial charge in [0.1, 0.15) is 0 Å². The van der Waals surface area contributed by atoms with Crippen LogP contribution in [-0.2, 0) is 9.53 Å². The van der Waals surface area contributed by atoms with Gasteiger partial charge in [-0.15, -0.1) is 0 Å². The zero-order valence-corrected chi connectivity index (χ0v) is 8.17. The molecule has 0 aromatic heterocycles. The van der Waals surface area contributed by atoms with E-state index in [4.69, 9.17) is 10.5 Å². The van der Waals surface area contributed by atoms with Gasteiger partial charge < -0.3 is 10.5 Å². The fraction of sp³-hybridized carbons (Fsp3) is 0.889. The lowest BCUT2D eigenvalue weighted by molar-refractivity contribution is -0.148. The maximum atomic E-state index is 11.3. The molecule has 0 rings (SSSR count). The summed E-state index contributed by atoms with van der Waals surface area (Å²) < 4.78 is 4.90. The molecular weight excluding hydrogens is 154 g/mol. The standard InChI is InChI=1S/C9H19NO2/c1-4-7(8(10)5-2)9(11)12-6-3/h7-8H,4-6,10H2,1-3H3. The zero-order valence-electron chi connectivity index (χ0n) is 8.17. The van der Waals surface area contributed by atoms with Crippen LogP contribution in [-0.4, -0.2) is 18.6 Å². The molecule has 0 heterocycles. The molecule has 0 saturated carbocycles. The fourth-order valence-electron chi connectivity index (χ4n) is 1.18. The second-order valence-electron chi connectivity index (χ2n) is 2.84. The van der Waals surface area contributed by atoms with Crippen LogP contribution in [0.2, 0.25) is 0 Å². The van der Waals surface area contributed by atoms with Crippen LogP contribution >= 0.6 is 0 Å². The van der Waals surface area contributed by atoms with Gasteiger partial charge in [-0.1, -0.05) is 13.8 Å². The van der Waals surface area contributed by atoms with Crippen molar-refractivity contribution in [1.29, 1.82) is 0 Å². The molecule has 0 radical (unpaired) electrons. The molecule has 3 nitrogen and oxygen atoms in total. The average Bonchev–Trinajstić information content (AvgIpc) is 2.06. The summed E-state index contributed by atoms with van der Waals surface area (Å²) in [6, 6.07) is -0.0611. The summed E-state index contributed by atoms with van der Waals surface area (Å²) in [5.74, 6) is -0.288. The van der Waals surface area contributed by atoms with Crippen LogP contribution in [0.5, 0.6) is 0 Å². The molecule has 0 amide bonds. The van der Waals surface area contributed by atoms with E-state index < -0.39 is 0 Å². The second-order valence-corrected chi connectivity index (χ2v) is 2.84. The third-order valence-corrected chi connectivity index (χ3v) is 2.02. The highest BCUT2D eigenvalue weighted by atomic mass is 16.5. The second kappa shape index (κ2) is 6.00. The Balaban J connectivity index is 4.04. The van der Waals surface area contributed by atoms with Crippen LogP contribution in [0.15, 0.2) is 0 Å². The van der Waals surface area contributed by atoms with Crippen LogP contribution in [0, 0.1) is 5.92 Å². The minimum Gasteiger partial charge on any atom is -0.466 e. The molecule has 2 unspecified atom stereocenters. The van der Waals surface area contributed by atoms with Gasteiger partial charge in [0.2, 0.25) is 0 Å². The topological polar surface area (TPSA) is 52.3 Å². The molecule has 0 aliphatic carbocycles. The van der Waals surface area contributed by atoms with Gasteiger partial charge in [0.15, 0.2) is 0 Å². The summed E-state index contributed by atoms with van der Waals surface area (Å²) in [6.07, 6.45) is 1.57. The van der Waals surface area contributed by atoms with Crippen LogP contribution in [0.3, 0.4) is 0 Å². The van der Waals surface area contributed by atoms with Gasteiger partial charge in [-0.3, -0.25) is 4.79 Å². The van der Waals surface area contributed by atoms with Crippen molar-refractivity contribution in [3.05, 3.63) is 0 Å². The van der Waals surface area contributed by atoms with E-state index in [1.807, 2.05) is 20.8 Å². The normalized spacial score (nSPS) is 15.3. The van der Waals surface area contributed by atoms with Crippen LogP contribution < -0.4 is 5.73 Å². The van der Waals surface area contributed by atoms with Gasteiger partial charge in [0, 0.05) is 6.04 Å². The summed E-state index contributed by atoms with van der Waals surface area (Å²) in [7, 11) is 0. The maximum absolute atomic E-state index is 11.3. The molecule has 0 fully saturated rings. The van der Waals surface area contributed by atoms with E-state index in [1.165, 1.54) is 0 Å². The number of rotatable bonds is 5. The van der Waals surface area contributed by atoms with Crippen molar-refractivity contribution in [3.8, 4) is 0 Å². The van der Waals surface area contributed by atoms with Gasteiger partial charge in [-0.2, -0.15) is 0 Å². The molecule has 12 heavy (non-hydrogen) atoms. The number of carbonyl (C=O) groups excluding carboxylic acids is 1. The summed E-state index contributed by atoms with van der Waals surface area (Å²) in [5.41, 5.74) is 5.76. The van der Waals surface area contributed by atoms with E-state index >= 15 is 0 Å². The Kier molecular flexibility index (Phi) is 5.72. The van der Waals surface area contributed by atoms with Gasteiger partial charge in [-0.25, -0.2) is 0 Å². The smallest absolute Gasteiger partial charge is 0.310 e. The third kappa shape index (κ3) is 3.22. The molecule has 0 saturated heterocycles. The van der Waals surface area contributed by atoms with Crippen molar-refractivity contribution in [2.45, 2.75) is 39.7 Å². The number of carbonyl (C=O) groups is 1. The quantitative estimate of drug-likeness (QED) is 0.638. The largest absolute Gasteiger partial charge is 0.466 e.